The second kappa shape index (κ2) is 5.72. The maximum Gasteiger partial charge on any atom is 0.140 e. The summed E-state index contributed by atoms with van der Waals surface area (Å²) < 4.78 is 5.82. The molecule has 3 rings (SSSR count). The molecule has 0 atom stereocenters. The van der Waals surface area contributed by atoms with Gasteiger partial charge in [-0.3, -0.25) is 0 Å². The molecule has 0 radical (unpaired) electrons. The van der Waals surface area contributed by atoms with Crippen LogP contribution in [0.25, 0.3) is 0 Å². The first-order valence-corrected chi connectivity index (χ1v) is 7.55. The summed E-state index contributed by atoms with van der Waals surface area (Å²) in [7, 11) is 0. The molecular formula is C15H18N2OS. The van der Waals surface area contributed by atoms with Crippen LogP contribution in [0.4, 0.5) is 0 Å². The van der Waals surface area contributed by atoms with E-state index in [-0.39, 0.29) is 0 Å². The first kappa shape index (κ1) is 12.6. The lowest BCUT2D eigenvalue weighted by atomic mass is 9.92. The molecule has 1 heterocycles. The molecule has 100 valence electrons. The predicted molar refractivity (Wildman–Crippen MR) is 77.4 cm³/mol. The van der Waals surface area contributed by atoms with Gasteiger partial charge in [-0.1, -0.05) is 6.07 Å². The normalized spacial score (nSPS) is 14.2. The first-order chi connectivity index (χ1) is 9.35. The van der Waals surface area contributed by atoms with Crippen molar-refractivity contribution in [3.8, 4) is 5.75 Å². The number of nitrogens with zero attached hydrogens (tertiary/aromatic N) is 1. The van der Waals surface area contributed by atoms with Crippen molar-refractivity contribution in [2.24, 2.45) is 5.73 Å². The van der Waals surface area contributed by atoms with E-state index in [0.717, 1.165) is 15.6 Å². The summed E-state index contributed by atoms with van der Waals surface area (Å²) in [5.74, 6) is 0.949. The van der Waals surface area contributed by atoms with Gasteiger partial charge in [-0.25, -0.2) is 4.98 Å². The Morgan fingerprint density at radius 2 is 2.05 bits per heavy atom. The van der Waals surface area contributed by atoms with Gasteiger partial charge in [0.25, 0.3) is 0 Å². The van der Waals surface area contributed by atoms with E-state index in [1.807, 2.05) is 6.20 Å². The highest BCUT2D eigenvalue weighted by atomic mass is 32.1. The second-order valence-electron chi connectivity index (χ2n) is 4.85. The lowest BCUT2D eigenvalue weighted by Gasteiger charge is -2.16. The summed E-state index contributed by atoms with van der Waals surface area (Å²) in [4.78, 5) is 5.40. The fourth-order valence-electron chi connectivity index (χ4n) is 2.45. The van der Waals surface area contributed by atoms with Crippen LogP contribution in [0.1, 0.15) is 33.9 Å². The predicted octanol–water partition coefficient (Wildman–Crippen LogP) is 3.06. The third-order valence-corrected chi connectivity index (χ3v) is 4.48. The van der Waals surface area contributed by atoms with Crippen LogP contribution in [0.15, 0.2) is 24.4 Å². The summed E-state index contributed by atoms with van der Waals surface area (Å²) in [6, 6.07) is 6.46. The molecule has 1 aliphatic rings. The van der Waals surface area contributed by atoms with Gasteiger partial charge in [-0.2, -0.15) is 0 Å². The van der Waals surface area contributed by atoms with Gasteiger partial charge in [0.2, 0.25) is 0 Å². The molecule has 0 aliphatic heterocycles. The Kier molecular flexibility index (Phi) is 3.80. The molecule has 0 saturated heterocycles. The molecule has 2 aromatic rings. The van der Waals surface area contributed by atoms with E-state index in [9.17, 15) is 0 Å². The van der Waals surface area contributed by atoms with Gasteiger partial charge in [-0.15, -0.1) is 11.3 Å². The standard InChI is InChI=1S/C15H18N2OS/c16-8-14-9-17-15(19-14)10-18-13-6-5-11-3-1-2-4-12(11)7-13/h5-7,9H,1-4,8,10,16H2. The summed E-state index contributed by atoms with van der Waals surface area (Å²) in [6.45, 7) is 1.08. The zero-order chi connectivity index (χ0) is 13.1. The van der Waals surface area contributed by atoms with Crippen LogP contribution < -0.4 is 10.5 Å². The van der Waals surface area contributed by atoms with Crippen LogP contribution in [-0.4, -0.2) is 4.98 Å². The quantitative estimate of drug-likeness (QED) is 0.932. The van der Waals surface area contributed by atoms with Crippen molar-refractivity contribution in [1.29, 1.82) is 0 Å². The number of fused-ring (bicyclic) bond motifs is 1. The Morgan fingerprint density at radius 1 is 1.21 bits per heavy atom. The van der Waals surface area contributed by atoms with Gasteiger partial charge in [0, 0.05) is 17.6 Å². The minimum atomic E-state index is 0.531. The molecule has 0 saturated carbocycles. The molecule has 1 aromatic carbocycles. The van der Waals surface area contributed by atoms with Crippen molar-refractivity contribution in [2.75, 3.05) is 0 Å². The molecule has 19 heavy (non-hydrogen) atoms. The highest BCUT2D eigenvalue weighted by Gasteiger charge is 2.10. The SMILES string of the molecule is NCc1cnc(COc2ccc3c(c2)CCCC3)s1. The van der Waals surface area contributed by atoms with E-state index in [0.29, 0.717) is 13.2 Å². The highest BCUT2D eigenvalue weighted by molar-refractivity contribution is 7.11. The van der Waals surface area contributed by atoms with Crippen molar-refractivity contribution in [2.45, 2.75) is 38.8 Å². The number of nitrogens with two attached hydrogens (primary N) is 1. The first-order valence-electron chi connectivity index (χ1n) is 6.73. The Labute approximate surface area is 117 Å². The Bertz CT molecular complexity index is 565. The zero-order valence-electron chi connectivity index (χ0n) is 10.9. The fraction of sp³-hybridized carbons (Fsp3) is 0.400. The van der Waals surface area contributed by atoms with Crippen LogP contribution >= 0.6 is 11.3 Å². The van der Waals surface area contributed by atoms with Crippen molar-refractivity contribution in [1.82, 2.24) is 4.98 Å². The number of rotatable bonds is 4. The van der Waals surface area contributed by atoms with Crippen molar-refractivity contribution in [3.63, 3.8) is 0 Å². The molecule has 0 spiro atoms. The Balaban J connectivity index is 1.66. The lowest BCUT2D eigenvalue weighted by molar-refractivity contribution is 0.305. The Morgan fingerprint density at radius 3 is 2.84 bits per heavy atom. The maximum atomic E-state index is 5.82. The van der Waals surface area contributed by atoms with Crippen LogP contribution in [0, 0.1) is 0 Å². The minimum absolute atomic E-state index is 0.531. The molecule has 0 unspecified atom stereocenters. The number of hydrogen-bond acceptors (Lipinski definition) is 4. The number of benzene rings is 1. The van der Waals surface area contributed by atoms with Gasteiger partial charge in [0.15, 0.2) is 0 Å². The fourth-order valence-corrected chi connectivity index (χ4v) is 3.17. The lowest BCUT2D eigenvalue weighted by Crippen LogP contribution is -2.03. The summed E-state index contributed by atoms with van der Waals surface area (Å²) in [5, 5.41) is 0.984. The molecule has 2 N–H and O–H groups in total. The van der Waals surface area contributed by atoms with E-state index in [1.165, 1.54) is 36.8 Å². The van der Waals surface area contributed by atoms with Crippen molar-refractivity contribution < 1.29 is 4.74 Å². The average molecular weight is 274 g/mol. The van der Waals surface area contributed by atoms with E-state index in [1.54, 1.807) is 11.3 Å². The van der Waals surface area contributed by atoms with Gasteiger partial charge >= 0.3 is 0 Å². The Hall–Kier alpha value is -1.39. The molecule has 1 aromatic heterocycles. The zero-order valence-corrected chi connectivity index (χ0v) is 11.7. The van der Waals surface area contributed by atoms with Gasteiger partial charge in [0.05, 0.1) is 0 Å². The molecule has 0 amide bonds. The molecule has 0 bridgehead atoms. The monoisotopic (exact) mass is 274 g/mol. The van der Waals surface area contributed by atoms with Crippen LogP contribution in [-0.2, 0) is 26.0 Å². The highest BCUT2D eigenvalue weighted by Crippen LogP contribution is 2.26. The second-order valence-corrected chi connectivity index (χ2v) is 6.05. The number of thiazole rings is 1. The molecule has 3 nitrogen and oxygen atoms in total. The number of aryl methyl sites for hydroxylation is 2. The largest absolute Gasteiger partial charge is 0.486 e. The van der Waals surface area contributed by atoms with Gasteiger partial charge in [-0.05, 0) is 48.9 Å². The van der Waals surface area contributed by atoms with Crippen LogP contribution in [0.3, 0.4) is 0 Å². The van der Waals surface area contributed by atoms with E-state index in [2.05, 4.69) is 23.2 Å². The molecule has 1 aliphatic carbocycles. The maximum absolute atomic E-state index is 5.82. The van der Waals surface area contributed by atoms with Crippen LogP contribution in [0.2, 0.25) is 0 Å². The average Bonchev–Trinajstić information content (AvgIpc) is 2.93. The smallest absolute Gasteiger partial charge is 0.140 e. The number of hydrogen-bond donors (Lipinski definition) is 1. The van der Waals surface area contributed by atoms with E-state index in [4.69, 9.17) is 10.5 Å². The summed E-state index contributed by atoms with van der Waals surface area (Å²) in [6.07, 6.45) is 6.83. The van der Waals surface area contributed by atoms with Gasteiger partial charge in [0.1, 0.15) is 17.4 Å². The molecule has 4 heteroatoms. The summed E-state index contributed by atoms with van der Waals surface area (Å²) in [5.41, 5.74) is 8.51. The minimum Gasteiger partial charge on any atom is -0.486 e. The third kappa shape index (κ3) is 2.96. The summed E-state index contributed by atoms with van der Waals surface area (Å²) >= 11 is 1.62. The molecule has 0 fully saturated rings. The molecular weight excluding hydrogens is 256 g/mol. The van der Waals surface area contributed by atoms with Crippen molar-refractivity contribution in [3.05, 3.63) is 45.4 Å². The number of ether oxygens (including phenoxy) is 1. The van der Waals surface area contributed by atoms with Crippen molar-refractivity contribution >= 4 is 11.3 Å². The van der Waals surface area contributed by atoms with E-state index < -0.39 is 0 Å². The topological polar surface area (TPSA) is 48.1 Å². The number of aromatic nitrogens is 1. The van der Waals surface area contributed by atoms with Gasteiger partial charge < -0.3 is 10.5 Å². The van der Waals surface area contributed by atoms with E-state index >= 15 is 0 Å². The third-order valence-electron chi connectivity index (χ3n) is 3.48. The van der Waals surface area contributed by atoms with Crippen LogP contribution in [0.5, 0.6) is 5.75 Å².